The van der Waals surface area contributed by atoms with E-state index in [1.165, 1.54) is 12.1 Å². The number of aromatic amines is 1. The van der Waals surface area contributed by atoms with Gasteiger partial charge in [-0.15, -0.1) is 0 Å². The molecule has 0 saturated heterocycles. The van der Waals surface area contributed by atoms with Crippen LogP contribution in [0.3, 0.4) is 0 Å². The van der Waals surface area contributed by atoms with E-state index in [2.05, 4.69) is 10.2 Å². The van der Waals surface area contributed by atoms with Gasteiger partial charge >= 0.3 is 0 Å². The molecule has 35 heavy (non-hydrogen) atoms. The van der Waals surface area contributed by atoms with Gasteiger partial charge in [0.05, 0.1) is 29.4 Å². The normalized spacial score (nSPS) is 25.0. The van der Waals surface area contributed by atoms with E-state index in [0.717, 1.165) is 58.1 Å². The molecule has 2 N–H and O–H groups in total. The van der Waals surface area contributed by atoms with Crippen LogP contribution in [0.5, 0.6) is 0 Å². The van der Waals surface area contributed by atoms with Crippen molar-refractivity contribution >= 4 is 16.7 Å². The SMILES string of the molecule is Cc1nc(-c2cccc3cn[nH]c23)c2c(n1)[C@@]1(c3ccc(F)cc3)CC(=CO)C(=O)[C@@H](C)[C@@H]1CC2. The van der Waals surface area contributed by atoms with E-state index in [0.29, 0.717) is 17.8 Å². The summed E-state index contributed by atoms with van der Waals surface area (Å²) in [7, 11) is 0. The van der Waals surface area contributed by atoms with Crippen LogP contribution in [-0.2, 0) is 16.6 Å². The number of halogens is 1. The smallest absolute Gasteiger partial charge is 0.165 e. The van der Waals surface area contributed by atoms with Crippen molar-refractivity contribution in [3.8, 4) is 11.3 Å². The van der Waals surface area contributed by atoms with Crippen molar-refractivity contribution in [3.05, 3.63) is 89.0 Å². The number of aromatic nitrogens is 4. The zero-order valence-electron chi connectivity index (χ0n) is 19.5. The second-order valence-electron chi connectivity index (χ2n) is 9.69. The van der Waals surface area contributed by atoms with Crippen LogP contribution in [0.4, 0.5) is 4.39 Å². The van der Waals surface area contributed by atoms with Gasteiger partial charge in [-0.05, 0) is 49.8 Å². The Morgan fingerprint density at radius 2 is 1.97 bits per heavy atom. The van der Waals surface area contributed by atoms with Crippen LogP contribution in [0.15, 0.2) is 60.5 Å². The number of nitrogens with one attached hydrogen (secondary N) is 1. The maximum atomic E-state index is 14.0. The number of H-pyrrole nitrogens is 1. The van der Waals surface area contributed by atoms with Crippen LogP contribution in [-0.4, -0.2) is 31.1 Å². The summed E-state index contributed by atoms with van der Waals surface area (Å²) < 4.78 is 14.0. The Labute approximate surface area is 201 Å². The summed E-state index contributed by atoms with van der Waals surface area (Å²) in [6.07, 6.45) is 4.52. The molecule has 3 atom stereocenters. The summed E-state index contributed by atoms with van der Waals surface area (Å²) >= 11 is 0. The maximum Gasteiger partial charge on any atom is 0.165 e. The summed E-state index contributed by atoms with van der Waals surface area (Å²) in [6, 6.07) is 12.5. The second-order valence-corrected chi connectivity index (χ2v) is 9.69. The fourth-order valence-corrected chi connectivity index (χ4v) is 6.38. The number of carbonyl (C=O) groups is 1. The Balaban J connectivity index is 1.68. The molecule has 2 aromatic carbocycles. The van der Waals surface area contributed by atoms with Crippen LogP contribution in [0.2, 0.25) is 0 Å². The van der Waals surface area contributed by atoms with Gasteiger partial charge in [0.15, 0.2) is 5.78 Å². The second kappa shape index (κ2) is 7.83. The first-order valence-electron chi connectivity index (χ1n) is 11.9. The third-order valence-corrected chi connectivity index (χ3v) is 7.93. The first kappa shape index (κ1) is 21.6. The number of carbonyl (C=O) groups excluding carboxylic acids is 1. The molecule has 2 heterocycles. The van der Waals surface area contributed by atoms with E-state index in [9.17, 15) is 14.3 Å². The molecule has 0 unspecified atom stereocenters. The van der Waals surface area contributed by atoms with E-state index in [1.807, 2.05) is 32.0 Å². The lowest BCUT2D eigenvalue weighted by Crippen LogP contribution is -2.51. The summed E-state index contributed by atoms with van der Waals surface area (Å²) in [5.74, 6) is -0.0821. The highest BCUT2D eigenvalue weighted by Crippen LogP contribution is 2.56. The number of hydrogen-bond acceptors (Lipinski definition) is 5. The Hall–Kier alpha value is -3.87. The third kappa shape index (κ3) is 3.07. The minimum absolute atomic E-state index is 0.0353. The topological polar surface area (TPSA) is 91.8 Å². The molecule has 0 radical (unpaired) electrons. The average Bonchev–Trinajstić information content (AvgIpc) is 3.35. The van der Waals surface area contributed by atoms with Crippen LogP contribution >= 0.6 is 0 Å². The molecule has 1 saturated carbocycles. The average molecular weight is 469 g/mol. The van der Waals surface area contributed by atoms with Crippen molar-refractivity contribution in [3.63, 3.8) is 0 Å². The monoisotopic (exact) mass is 468 g/mol. The highest BCUT2D eigenvalue weighted by atomic mass is 19.1. The number of nitrogens with zero attached hydrogens (tertiary/aromatic N) is 3. The van der Waals surface area contributed by atoms with Crippen LogP contribution < -0.4 is 0 Å². The van der Waals surface area contributed by atoms with Gasteiger partial charge in [0.25, 0.3) is 0 Å². The number of aliphatic hydroxyl groups excluding tert-OH is 1. The Bertz CT molecular complexity index is 1510. The number of aryl methyl sites for hydroxylation is 1. The molecule has 2 aliphatic carbocycles. The number of rotatable bonds is 2. The van der Waals surface area contributed by atoms with Gasteiger partial charge in [-0.25, -0.2) is 14.4 Å². The van der Waals surface area contributed by atoms with E-state index in [-0.39, 0.29) is 23.4 Å². The van der Waals surface area contributed by atoms with Crippen molar-refractivity contribution in [2.45, 2.75) is 38.5 Å². The van der Waals surface area contributed by atoms with E-state index < -0.39 is 5.41 Å². The largest absolute Gasteiger partial charge is 0.515 e. The molecule has 176 valence electrons. The predicted octanol–water partition coefficient (Wildman–Crippen LogP) is 5.37. The number of para-hydroxylation sites is 1. The summed E-state index contributed by atoms with van der Waals surface area (Å²) in [5, 5.41) is 18.3. The molecule has 1 fully saturated rings. The van der Waals surface area contributed by atoms with Gasteiger partial charge in [-0.1, -0.05) is 37.3 Å². The summed E-state index contributed by atoms with van der Waals surface area (Å²) in [5.41, 5.74) is 5.18. The van der Waals surface area contributed by atoms with Gasteiger partial charge in [0.1, 0.15) is 11.6 Å². The molecule has 0 bridgehead atoms. The first-order chi connectivity index (χ1) is 16.9. The Morgan fingerprint density at radius 1 is 1.17 bits per heavy atom. The number of ketones is 1. The van der Waals surface area contributed by atoms with Crippen LogP contribution in [0.25, 0.3) is 22.2 Å². The number of fused-ring (bicyclic) bond motifs is 4. The van der Waals surface area contributed by atoms with Crippen molar-refractivity contribution in [1.29, 1.82) is 0 Å². The quantitative estimate of drug-likeness (QED) is 0.305. The van der Waals surface area contributed by atoms with Gasteiger partial charge in [-0.3, -0.25) is 9.89 Å². The molecular weight excluding hydrogens is 443 g/mol. The van der Waals surface area contributed by atoms with Crippen molar-refractivity contribution < 1.29 is 14.3 Å². The molecule has 2 aliphatic rings. The van der Waals surface area contributed by atoms with Crippen molar-refractivity contribution in [2.24, 2.45) is 11.8 Å². The van der Waals surface area contributed by atoms with E-state index in [1.54, 1.807) is 18.3 Å². The first-order valence-corrected chi connectivity index (χ1v) is 11.9. The molecule has 0 spiro atoms. The maximum absolute atomic E-state index is 14.0. The number of benzene rings is 2. The van der Waals surface area contributed by atoms with Crippen LogP contribution in [0.1, 0.15) is 42.4 Å². The fourth-order valence-electron chi connectivity index (χ4n) is 6.38. The van der Waals surface area contributed by atoms with E-state index >= 15 is 0 Å². The third-order valence-electron chi connectivity index (χ3n) is 7.93. The molecule has 4 aromatic rings. The molecule has 2 aromatic heterocycles. The number of hydrogen-bond donors (Lipinski definition) is 2. The van der Waals surface area contributed by atoms with E-state index in [4.69, 9.17) is 9.97 Å². The van der Waals surface area contributed by atoms with Crippen molar-refractivity contribution in [2.75, 3.05) is 0 Å². The lowest BCUT2D eigenvalue weighted by Gasteiger charge is -2.51. The fraction of sp³-hybridized carbons (Fsp3) is 0.286. The molecule has 6 rings (SSSR count). The lowest BCUT2D eigenvalue weighted by molar-refractivity contribution is -0.123. The van der Waals surface area contributed by atoms with Crippen molar-refractivity contribution in [1.82, 2.24) is 20.2 Å². The van der Waals surface area contributed by atoms with Gasteiger partial charge in [0, 0.05) is 33.4 Å². The molecule has 6 nitrogen and oxygen atoms in total. The Morgan fingerprint density at radius 3 is 2.74 bits per heavy atom. The molecule has 0 aliphatic heterocycles. The highest BCUT2D eigenvalue weighted by molar-refractivity contribution is 5.99. The number of Topliss-reactive ketones (excluding diaryl/α,β-unsaturated/α-hetero) is 1. The minimum atomic E-state index is -0.687. The standard InChI is InChI=1S/C28H25FN4O2/c1-15-23-11-10-22-25(21-5-3-4-17-13-30-33-24(17)21)31-16(2)32-27(22)28(23,12-18(14-34)26(15)35)19-6-8-20(29)9-7-19/h3-9,13-15,23,34H,10-12H2,1-2H3,(H,30,33)/t15-,23-,28+/m0/s1. The molecular formula is C28H25FN4O2. The highest BCUT2D eigenvalue weighted by Gasteiger charge is 2.55. The zero-order chi connectivity index (χ0) is 24.3. The lowest BCUT2D eigenvalue weighted by atomic mass is 9.52. The van der Waals surface area contributed by atoms with Gasteiger partial charge in [0.2, 0.25) is 0 Å². The number of aliphatic hydroxyl groups is 1. The van der Waals surface area contributed by atoms with Gasteiger partial charge in [-0.2, -0.15) is 5.10 Å². The minimum Gasteiger partial charge on any atom is -0.515 e. The predicted molar refractivity (Wildman–Crippen MR) is 130 cm³/mol. The zero-order valence-corrected chi connectivity index (χ0v) is 19.5. The van der Waals surface area contributed by atoms with Crippen LogP contribution in [0, 0.1) is 24.6 Å². The summed E-state index contributed by atoms with van der Waals surface area (Å²) in [6.45, 7) is 3.80. The molecule has 7 heteroatoms. The van der Waals surface area contributed by atoms with Gasteiger partial charge < -0.3 is 5.11 Å². The number of allylic oxidation sites excluding steroid dienone is 1. The summed E-state index contributed by atoms with van der Waals surface area (Å²) in [4.78, 5) is 23.0. The molecule has 0 amide bonds. The Kier molecular flexibility index (Phi) is 4.85.